The summed E-state index contributed by atoms with van der Waals surface area (Å²) in [6.45, 7) is 7.45. The molecule has 1 aliphatic rings. The zero-order chi connectivity index (χ0) is 32.8. The van der Waals surface area contributed by atoms with E-state index in [1.807, 2.05) is 0 Å². The third-order valence-corrected chi connectivity index (χ3v) is 6.68. The molecule has 15 heteroatoms. The molecule has 12 nitrogen and oxygen atoms in total. The van der Waals surface area contributed by atoms with E-state index in [1.165, 1.54) is 43.5 Å². The lowest BCUT2D eigenvalue weighted by Crippen LogP contribution is -2.47. The van der Waals surface area contributed by atoms with Gasteiger partial charge in [-0.2, -0.15) is 0 Å². The maximum atomic E-state index is 13.3. The zero-order valence-electron chi connectivity index (χ0n) is 24.4. The fourth-order valence-corrected chi connectivity index (χ4v) is 4.36. The Hall–Kier alpha value is -3.61. The smallest absolute Gasteiger partial charge is 0.343 e. The Bertz CT molecular complexity index is 1390. The van der Waals surface area contributed by atoms with Crippen molar-refractivity contribution < 1.29 is 47.7 Å². The quantitative estimate of drug-likeness (QED) is 0.239. The van der Waals surface area contributed by atoms with Gasteiger partial charge in [-0.05, 0) is 91.0 Å². The number of nitrogens with one attached hydrogen (secondary N) is 1. The van der Waals surface area contributed by atoms with Crippen LogP contribution in [0.4, 0.5) is 0 Å². The maximum Gasteiger partial charge on any atom is 0.343 e. The number of carbonyl (C=O) groups excluding carboxylic acids is 5. The van der Waals surface area contributed by atoms with Gasteiger partial charge in [-0.1, -0.05) is 20.8 Å². The molecule has 2 aromatic rings. The highest BCUT2D eigenvalue weighted by atomic mass is 35.6. The second-order valence-corrected chi connectivity index (χ2v) is 12.3. The SMILES string of the molecule is CCC1C(=O)OCC(NC(=O)c2nccc(C)c2OC(=O)c2ccc(OC(Cl)(Cl)Cl)cc2)C(=O)OC(C)C1OC(=O)C(C)C. The van der Waals surface area contributed by atoms with Gasteiger partial charge in [-0.3, -0.25) is 14.4 Å². The first kappa shape index (κ1) is 34.9. The van der Waals surface area contributed by atoms with Crippen LogP contribution in [-0.2, 0) is 28.6 Å². The van der Waals surface area contributed by atoms with Gasteiger partial charge in [0.2, 0.25) is 0 Å². The molecule has 1 fully saturated rings. The van der Waals surface area contributed by atoms with Crippen LogP contribution in [0.5, 0.6) is 11.5 Å². The van der Waals surface area contributed by atoms with E-state index in [1.54, 1.807) is 27.7 Å². The summed E-state index contributed by atoms with van der Waals surface area (Å²) < 4.78 is 24.9. The molecule has 2 heterocycles. The molecule has 4 unspecified atom stereocenters. The summed E-state index contributed by atoms with van der Waals surface area (Å²) in [5.41, 5.74) is 0.138. The Morgan fingerprint density at radius 1 is 1.09 bits per heavy atom. The Morgan fingerprint density at radius 2 is 1.75 bits per heavy atom. The molecule has 4 atom stereocenters. The van der Waals surface area contributed by atoms with Crippen LogP contribution < -0.4 is 14.8 Å². The average molecular weight is 674 g/mol. The third kappa shape index (κ3) is 9.20. The van der Waals surface area contributed by atoms with Gasteiger partial charge in [0.1, 0.15) is 18.5 Å². The van der Waals surface area contributed by atoms with Gasteiger partial charge < -0.3 is 29.0 Å². The number of ether oxygens (including phenoxy) is 5. The fourth-order valence-electron chi connectivity index (χ4n) is 4.09. The van der Waals surface area contributed by atoms with Gasteiger partial charge in [0.05, 0.1) is 17.4 Å². The Morgan fingerprint density at radius 3 is 2.34 bits per heavy atom. The number of aromatic nitrogens is 1. The zero-order valence-corrected chi connectivity index (χ0v) is 26.7. The van der Waals surface area contributed by atoms with E-state index in [2.05, 4.69) is 10.3 Å². The normalized spacial score (nSPS) is 20.8. The predicted molar refractivity (Wildman–Crippen MR) is 158 cm³/mol. The van der Waals surface area contributed by atoms with Crippen molar-refractivity contribution in [2.45, 2.75) is 63.3 Å². The van der Waals surface area contributed by atoms with Crippen molar-refractivity contribution >= 4 is 64.6 Å². The van der Waals surface area contributed by atoms with Crippen molar-refractivity contribution in [2.24, 2.45) is 11.8 Å². The molecule has 1 aromatic heterocycles. The summed E-state index contributed by atoms with van der Waals surface area (Å²) in [5, 5.41) is 2.43. The number of halogens is 3. The summed E-state index contributed by atoms with van der Waals surface area (Å²) >= 11 is 16.8. The second-order valence-electron chi connectivity index (χ2n) is 10.1. The fraction of sp³-hybridized carbons (Fsp3) is 0.448. The lowest BCUT2D eigenvalue weighted by atomic mass is 9.95. The molecule has 238 valence electrons. The highest BCUT2D eigenvalue weighted by Crippen LogP contribution is 2.30. The van der Waals surface area contributed by atoms with Crippen LogP contribution in [0.1, 0.15) is 60.5 Å². The predicted octanol–water partition coefficient (Wildman–Crippen LogP) is 4.50. The van der Waals surface area contributed by atoms with Crippen LogP contribution in [-0.4, -0.2) is 63.6 Å². The van der Waals surface area contributed by atoms with E-state index in [9.17, 15) is 24.0 Å². The Kier molecular flexibility index (Phi) is 11.8. The average Bonchev–Trinajstić information content (AvgIpc) is 2.98. The summed E-state index contributed by atoms with van der Waals surface area (Å²) in [6.07, 6.45) is -0.597. The molecule has 1 aliphatic heterocycles. The number of hydrogen-bond acceptors (Lipinski definition) is 11. The standard InChI is InChI=1S/C29H31Cl3N2O10/c1-6-19-23(43-25(36)14(2)3)16(5)41-28(39)20(13-40-27(19)38)34-24(35)21-22(15(4)11-12-33-21)42-26(37)17-7-9-18(10-8-17)44-29(30,31)32/h7-12,14,16,19-20,23H,6,13H2,1-5H3,(H,34,35). The lowest BCUT2D eigenvalue weighted by Gasteiger charge is -2.29. The topological polar surface area (TPSA) is 156 Å². The number of carbonyl (C=O) groups is 5. The molecule has 0 saturated carbocycles. The second kappa shape index (κ2) is 14.9. The molecule has 0 spiro atoms. The molecule has 1 N–H and O–H groups in total. The van der Waals surface area contributed by atoms with Crippen molar-refractivity contribution in [2.75, 3.05) is 6.61 Å². The molecule has 0 aliphatic carbocycles. The monoisotopic (exact) mass is 672 g/mol. The van der Waals surface area contributed by atoms with Crippen LogP contribution in [0.15, 0.2) is 36.5 Å². The third-order valence-electron chi connectivity index (χ3n) is 6.44. The first-order valence-corrected chi connectivity index (χ1v) is 14.7. The summed E-state index contributed by atoms with van der Waals surface area (Å²) in [6, 6.07) is 5.53. The first-order valence-electron chi connectivity index (χ1n) is 13.5. The molecule has 1 amide bonds. The van der Waals surface area contributed by atoms with Crippen molar-refractivity contribution in [3.63, 3.8) is 0 Å². The van der Waals surface area contributed by atoms with Crippen LogP contribution in [0.25, 0.3) is 0 Å². The number of esters is 4. The van der Waals surface area contributed by atoms with Crippen LogP contribution in [0, 0.1) is 18.8 Å². The number of cyclic esters (lactones) is 2. The van der Waals surface area contributed by atoms with Gasteiger partial charge >= 0.3 is 27.9 Å². The number of benzene rings is 1. The van der Waals surface area contributed by atoms with Crippen LogP contribution in [0.2, 0.25) is 0 Å². The van der Waals surface area contributed by atoms with Gasteiger partial charge in [-0.15, -0.1) is 0 Å². The van der Waals surface area contributed by atoms with E-state index in [-0.39, 0.29) is 29.2 Å². The number of rotatable bonds is 8. The summed E-state index contributed by atoms with van der Waals surface area (Å²) in [7, 11) is 0. The molecule has 1 aromatic carbocycles. The first-order chi connectivity index (χ1) is 20.6. The number of aryl methyl sites for hydroxylation is 1. The molecule has 0 radical (unpaired) electrons. The lowest BCUT2D eigenvalue weighted by molar-refractivity contribution is -0.176. The minimum atomic E-state index is -2.00. The van der Waals surface area contributed by atoms with Gasteiger partial charge in [0, 0.05) is 6.20 Å². The Balaban J connectivity index is 1.80. The number of alkyl halides is 3. The molecule has 3 rings (SSSR count). The van der Waals surface area contributed by atoms with Gasteiger partial charge in [0.25, 0.3) is 5.91 Å². The van der Waals surface area contributed by atoms with Crippen molar-refractivity contribution in [1.29, 1.82) is 0 Å². The number of amides is 1. The van der Waals surface area contributed by atoms with Crippen molar-refractivity contribution in [3.8, 4) is 11.5 Å². The summed E-state index contributed by atoms with van der Waals surface area (Å²) in [4.78, 5) is 68.6. The van der Waals surface area contributed by atoms with E-state index < -0.39 is 70.5 Å². The largest absolute Gasteiger partial charge is 0.463 e. The van der Waals surface area contributed by atoms with Crippen LogP contribution >= 0.6 is 34.8 Å². The molecular formula is C29H31Cl3N2O10. The van der Waals surface area contributed by atoms with E-state index in [0.29, 0.717) is 5.56 Å². The number of nitrogens with zero attached hydrogens (tertiary/aromatic N) is 1. The minimum Gasteiger partial charge on any atom is -0.463 e. The van der Waals surface area contributed by atoms with Gasteiger partial charge in [-0.25, -0.2) is 14.6 Å². The highest BCUT2D eigenvalue weighted by Gasteiger charge is 2.41. The molecule has 1 saturated heterocycles. The highest BCUT2D eigenvalue weighted by molar-refractivity contribution is 6.66. The van der Waals surface area contributed by atoms with Crippen molar-refractivity contribution in [3.05, 3.63) is 53.3 Å². The van der Waals surface area contributed by atoms with Gasteiger partial charge in [0.15, 0.2) is 23.6 Å². The van der Waals surface area contributed by atoms with E-state index >= 15 is 0 Å². The van der Waals surface area contributed by atoms with Crippen molar-refractivity contribution in [1.82, 2.24) is 10.3 Å². The molecular weight excluding hydrogens is 643 g/mol. The van der Waals surface area contributed by atoms with E-state index in [0.717, 1.165) is 0 Å². The van der Waals surface area contributed by atoms with E-state index in [4.69, 9.17) is 58.5 Å². The Labute approximate surface area is 268 Å². The number of hydrogen-bond donors (Lipinski definition) is 1. The molecule has 0 bridgehead atoms. The van der Waals surface area contributed by atoms with Crippen LogP contribution in [0.3, 0.4) is 0 Å². The minimum absolute atomic E-state index is 0.0789. The number of pyridine rings is 1. The maximum absolute atomic E-state index is 13.3. The summed E-state index contributed by atoms with van der Waals surface area (Å²) in [5.74, 6) is -5.41. The molecule has 44 heavy (non-hydrogen) atoms.